The van der Waals surface area contributed by atoms with Crippen LogP contribution in [0.1, 0.15) is 30.9 Å². The number of halogens is 1. The Hall–Kier alpha value is -4.43. The lowest BCUT2D eigenvalue weighted by atomic mass is 9.91. The molecule has 39 heavy (non-hydrogen) atoms. The van der Waals surface area contributed by atoms with Crippen LogP contribution in [0.25, 0.3) is 52.0 Å². The number of nitrogens with one attached hydrogen (secondary N) is 3. The maximum absolute atomic E-state index is 13.4. The average Bonchev–Trinajstić information content (AvgIpc) is 3.56. The molecule has 0 aliphatic carbocycles. The first-order valence-corrected chi connectivity index (χ1v) is 13.2. The first kappa shape index (κ1) is 24.9. The fourth-order valence-corrected chi connectivity index (χ4v) is 5.12. The number of hydrogen-bond donors (Lipinski definition) is 3. The van der Waals surface area contributed by atoms with Crippen LogP contribution in [-0.2, 0) is 6.42 Å². The smallest absolute Gasteiger partial charge is 0.159 e. The van der Waals surface area contributed by atoms with E-state index in [1.165, 1.54) is 30.5 Å². The summed E-state index contributed by atoms with van der Waals surface area (Å²) < 4.78 is 13.4. The van der Waals surface area contributed by atoms with Gasteiger partial charge >= 0.3 is 0 Å². The van der Waals surface area contributed by atoms with Crippen LogP contribution >= 0.6 is 0 Å². The lowest BCUT2D eigenvalue weighted by Crippen LogP contribution is -2.28. The van der Waals surface area contributed by atoms with Crippen LogP contribution in [0.4, 0.5) is 4.39 Å². The molecule has 4 aromatic heterocycles. The molecule has 3 N–H and O–H groups in total. The summed E-state index contributed by atoms with van der Waals surface area (Å²) in [6.45, 7) is 8.55. The second kappa shape index (κ2) is 10.7. The van der Waals surface area contributed by atoms with Crippen molar-refractivity contribution in [1.29, 1.82) is 0 Å². The van der Waals surface area contributed by atoms with E-state index in [0.29, 0.717) is 22.7 Å². The average molecular weight is 520 g/mol. The Kier molecular flexibility index (Phi) is 6.85. The third kappa shape index (κ3) is 5.28. The number of pyridine rings is 2. The number of hydrogen-bond acceptors (Lipinski definition) is 5. The number of fused-ring (bicyclic) bond motifs is 1. The van der Waals surface area contributed by atoms with Gasteiger partial charge in [-0.25, -0.2) is 9.37 Å². The van der Waals surface area contributed by atoms with E-state index < -0.39 is 0 Å². The van der Waals surface area contributed by atoms with Crippen molar-refractivity contribution in [2.24, 2.45) is 5.92 Å². The van der Waals surface area contributed by atoms with Crippen LogP contribution in [0.3, 0.4) is 0 Å². The number of benzene rings is 1. The molecule has 5 heterocycles. The van der Waals surface area contributed by atoms with Gasteiger partial charge < -0.3 is 10.3 Å². The minimum atomic E-state index is -0.291. The van der Waals surface area contributed by atoms with Gasteiger partial charge in [-0.15, -0.1) is 0 Å². The van der Waals surface area contributed by atoms with E-state index >= 15 is 0 Å². The molecule has 0 spiro atoms. The minimum absolute atomic E-state index is 0.291. The first-order chi connectivity index (χ1) is 19.0. The molecular weight excluding hydrogens is 489 g/mol. The van der Waals surface area contributed by atoms with Crippen molar-refractivity contribution in [3.8, 4) is 22.8 Å². The Morgan fingerprint density at radius 2 is 1.92 bits per heavy atom. The summed E-state index contributed by atoms with van der Waals surface area (Å²) in [7, 11) is 0. The quantitative estimate of drug-likeness (QED) is 0.309. The van der Waals surface area contributed by atoms with Crippen LogP contribution in [0, 0.1) is 11.7 Å². The van der Waals surface area contributed by atoms with Gasteiger partial charge in [-0.2, -0.15) is 5.10 Å². The highest BCUT2D eigenvalue weighted by Gasteiger charge is 2.15. The van der Waals surface area contributed by atoms with Gasteiger partial charge in [0.25, 0.3) is 0 Å². The summed E-state index contributed by atoms with van der Waals surface area (Å²) in [6.07, 6.45) is 13.2. The Balaban J connectivity index is 1.27. The number of aromatic nitrogens is 6. The zero-order chi connectivity index (χ0) is 26.8. The SMILES string of the molecule is C=c1c(-c2nc3c(-c4ccc(F)cc4)nccc3[nH]2)n[nH]/c1=C/C=C(\C)c1cncc(CC2CCNCC2)c1. The van der Waals surface area contributed by atoms with Crippen LogP contribution in [-0.4, -0.2) is 43.2 Å². The highest BCUT2D eigenvalue weighted by Crippen LogP contribution is 2.27. The third-order valence-electron chi connectivity index (χ3n) is 7.38. The second-order valence-electron chi connectivity index (χ2n) is 10.1. The number of piperidine rings is 1. The molecule has 1 fully saturated rings. The maximum atomic E-state index is 13.4. The topological polar surface area (TPSA) is 95.2 Å². The molecule has 196 valence electrons. The molecule has 6 rings (SSSR count). The Labute approximate surface area is 225 Å². The van der Waals surface area contributed by atoms with Crippen molar-refractivity contribution >= 4 is 29.3 Å². The van der Waals surface area contributed by atoms with Gasteiger partial charge in [0.05, 0.1) is 16.6 Å². The molecule has 0 radical (unpaired) electrons. The molecule has 0 bridgehead atoms. The molecule has 0 amide bonds. The maximum Gasteiger partial charge on any atom is 0.159 e. The van der Waals surface area contributed by atoms with Crippen molar-refractivity contribution in [1.82, 2.24) is 35.5 Å². The van der Waals surface area contributed by atoms with Crippen molar-refractivity contribution < 1.29 is 4.39 Å². The van der Waals surface area contributed by atoms with E-state index in [1.54, 1.807) is 18.3 Å². The van der Waals surface area contributed by atoms with Crippen molar-refractivity contribution in [3.63, 3.8) is 0 Å². The molecule has 0 unspecified atom stereocenters. The van der Waals surface area contributed by atoms with E-state index in [4.69, 9.17) is 4.98 Å². The molecule has 0 saturated carbocycles. The summed E-state index contributed by atoms with van der Waals surface area (Å²) in [4.78, 5) is 17.1. The van der Waals surface area contributed by atoms with E-state index in [9.17, 15) is 4.39 Å². The number of imidazole rings is 1. The molecule has 1 saturated heterocycles. The summed E-state index contributed by atoms with van der Waals surface area (Å²) in [5, 5.41) is 12.6. The van der Waals surface area contributed by atoms with E-state index in [-0.39, 0.29) is 5.82 Å². The van der Waals surface area contributed by atoms with Gasteiger partial charge in [0.2, 0.25) is 0 Å². The van der Waals surface area contributed by atoms with E-state index in [2.05, 4.69) is 56.1 Å². The van der Waals surface area contributed by atoms with Gasteiger partial charge in [0.1, 0.15) is 17.0 Å². The second-order valence-corrected chi connectivity index (χ2v) is 10.1. The number of nitrogens with zero attached hydrogens (tertiary/aromatic N) is 4. The van der Waals surface area contributed by atoms with Crippen molar-refractivity contribution in [2.45, 2.75) is 26.2 Å². The van der Waals surface area contributed by atoms with E-state index in [1.807, 2.05) is 24.5 Å². The van der Waals surface area contributed by atoms with Crippen molar-refractivity contribution in [3.05, 3.63) is 88.6 Å². The van der Waals surface area contributed by atoms with Crippen LogP contribution in [0.2, 0.25) is 0 Å². The number of allylic oxidation sites excluding steroid dienone is 2. The molecular formula is C31H30FN7. The van der Waals surface area contributed by atoms with Gasteiger partial charge in [-0.1, -0.05) is 12.7 Å². The summed E-state index contributed by atoms with van der Waals surface area (Å²) in [6, 6.07) is 10.4. The fraction of sp³-hybridized carbons (Fsp3) is 0.226. The predicted molar refractivity (Wildman–Crippen MR) is 153 cm³/mol. The first-order valence-electron chi connectivity index (χ1n) is 13.2. The molecule has 0 atom stereocenters. The standard InChI is InChI=1S/C31H30FN7/c1-19(24-16-22(17-34-18-24)15-21-9-12-33-13-10-21)3-8-26-20(2)28(39-38-26)31-36-27-11-14-35-29(30(27)37-31)23-4-6-25(32)7-5-23/h3-8,11,14,16-18,21,33,38H,2,9-10,12-13,15H2,1H3,(H,36,37)/b19-3+,26-8+. The lowest BCUT2D eigenvalue weighted by Gasteiger charge is -2.22. The number of rotatable bonds is 6. The minimum Gasteiger partial charge on any atom is -0.336 e. The van der Waals surface area contributed by atoms with Crippen LogP contribution in [0.15, 0.2) is 61.1 Å². The number of aromatic amines is 2. The monoisotopic (exact) mass is 519 g/mol. The molecule has 7 nitrogen and oxygen atoms in total. The summed E-state index contributed by atoms with van der Waals surface area (Å²) in [5.74, 6) is 1.02. The molecule has 1 aliphatic rings. The Bertz CT molecular complexity index is 1760. The summed E-state index contributed by atoms with van der Waals surface area (Å²) in [5.41, 5.74) is 7.13. The predicted octanol–water partition coefficient (Wildman–Crippen LogP) is 4.39. The molecule has 8 heteroatoms. The lowest BCUT2D eigenvalue weighted by molar-refractivity contribution is 0.372. The highest BCUT2D eigenvalue weighted by molar-refractivity contribution is 5.91. The van der Waals surface area contributed by atoms with Gasteiger partial charge in [0, 0.05) is 29.4 Å². The Morgan fingerprint density at radius 1 is 1.10 bits per heavy atom. The molecule has 1 aromatic carbocycles. The largest absolute Gasteiger partial charge is 0.336 e. The molecule has 1 aliphatic heterocycles. The van der Waals surface area contributed by atoms with Crippen LogP contribution in [0.5, 0.6) is 0 Å². The van der Waals surface area contributed by atoms with Crippen LogP contribution < -0.4 is 15.9 Å². The zero-order valence-electron chi connectivity index (χ0n) is 21.8. The third-order valence-corrected chi connectivity index (χ3v) is 7.38. The normalized spacial score (nSPS) is 15.3. The van der Waals surface area contributed by atoms with Gasteiger partial charge in [-0.3, -0.25) is 15.1 Å². The summed E-state index contributed by atoms with van der Waals surface area (Å²) >= 11 is 0. The van der Waals surface area contributed by atoms with Gasteiger partial charge in [0.15, 0.2) is 5.82 Å². The zero-order valence-corrected chi connectivity index (χ0v) is 21.8. The Morgan fingerprint density at radius 3 is 2.74 bits per heavy atom. The number of H-pyrrole nitrogens is 2. The fourth-order valence-electron chi connectivity index (χ4n) is 5.12. The van der Waals surface area contributed by atoms with Crippen molar-refractivity contribution in [2.75, 3.05) is 13.1 Å². The highest BCUT2D eigenvalue weighted by atomic mass is 19.1. The molecule has 5 aromatic rings. The van der Waals surface area contributed by atoms with E-state index in [0.717, 1.165) is 58.2 Å². The van der Waals surface area contributed by atoms with Gasteiger partial charge in [-0.05, 0) is 104 Å².